The third-order valence-corrected chi connectivity index (χ3v) is 4.42. The number of fused-ring (bicyclic) bond motifs is 1. The first-order chi connectivity index (χ1) is 9.75. The minimum Gasteiger partial charge on any atom is -0.341 e. The van der Waals surface area contributed by atoms with E-state index in [9.17, 15) is 4.79 Å². The van der Waals surface area contributed by atoms with Gasteiger partial charge in [-0.05, 0) is 31.1 Å². The molecule has 1 atom stereocenters. The molecule has 1 unspecified atom stereocenters. The van der Waals surface area contributed by atoms with Crippen LogP contribution in [0.25, 0.3) is 0 Å². The second-order valence-electron chi connectivity index (χ2n) is 5.86. The van der Waals surface area contributed by atoms with Gasteiger partial charge in [0.2, 0.25) is 5.91 Å². The van der Waals surface area contributed by atoms with E-state index in [-0.39, 0.29) is 5.92 Å². The number of carbonyl (C=O) groups is 1. The zero-order valence-electron chi connectivity index (χ0n) is 12.1. The van der Waals surface area contributed by atoms with Crippen molar-refractivity contribution >= 4 is 5.91 Å². The van der Waals surface area contributed by atoms with Gasteiger partial charge in [-0.2, -0.15) is 0 Å². The highest BCUT2D eigenvalue weighted by Gasteiger charge is 2.30. The van der Waals surface area contributed by atoms with Crippen LogP contribution in [0.4, 0.5) is 0 Å². The summed E-state index contributed by atoms with van der Waals surface area (Å²) in [7, 11) is 2.13. The number of likely N-dealkylation sites (N-methyl/N-ethyl adjacent to an activating group) is 1. The molecule has 2 heterocycles. The first-order valence-electron chi connectivity index (χ1n) is 7.51. The van der Waals surface area contributed by atoms with Crippen LogP contribution in [0, 0.1) is 0 Å². The highest BCUT2D eigenvalue weighted by Crippen LogP contribution is 2.26. The molecule has 2 aliphatic heterocycles. The van der Waals surface area contributed by atoms with Crippen molar-refractivity contribution in [1.82, 2.24) is 15.1 Å². The minimum absolute atomic E-state index is 0.0108. The average Bonchev–Trinajstić information content (AvgIpc) is 2.71. The van der Waals surface area contributed by atoms with Gasteiger partial charge in [-0.25, -0.2) is 0 Å². The van der Waals surface area contributed by atoms with Crippen LogP contribution in [0.3, 0.4) is 0 Å². The molecule has 4 heteroatoms. The van der Waals surface area contributed by atoms with Crippen molar-refractivity contribution in [1.29, 1.82) is 0 Å². The Kier molecular flexibility index (Phi) is 4.03. The molecule has 1 aromatic rings. The maximum atomic E-state index is 12.8. The van der Waals surface area contributed by atoms with Crippen molar-refractivity contribution in [2.75, 3.05) is 39.8 Å². The van der Waals surface area contributed by atoms with Gasteiger partial charge in [0, 0.05) is 32.7 Å². The molecular weight excluding hydrogens is 250 g/mol. The number of hydrogen-bond donors (Lipinski definition) is 1. The molecule has 1 saturated heterocycles. The number of nitrogens with one attached hydrogen (secondary N) is 1. The Bertz CT molecular complexity index is 488. The fourth-order valence-electron chi connectivity index (χ4n) is 3.20. The number of amides is 1. The summed E-state index contributed by atoms with van der Waals surface area (Å²) in [5.41, 5.74) is 2.48. The second kappa shape index (κ2) is 5.94. The quantitative estimate of drug-likeness (QED) is 0.830. The highest BCUT2D eigenvalue weighted by atomic mass is 16.2. The van der Waals surface area contributed by atoms with Crippen molar-refractivity contribution in [2.45, 2.75) is 18.9 Å². The predicted molar refractivity (Wildman–Crippen MR) is 79.6 cm³/mol. The summed E-state index contributed by atoms with van der Waals surface area (Å²) in [5, 5.41) is 3.38. The number of hydrogen-bond acceptors (Lipinski definition) is 3. The molecule has 20 heavy (non-hydrogen) atoms. The van der Waals surface area contributed by atoms with E-state index < -0.39 is 0 Å². The molecule has 0 saturated carbocycles. The van der Waals surface area contributed by atoms with Crippen molar-refractivity contribution in [3.63, 3.8) is 0 Å². The van der Waals surface area contributed by atoms with Gasteiger partial charge in [-0.3, -0.25) is 4.79 Å². The maximum Gasteiger partial charge on any atom is 0.231 e. The third kappa shape index (κ3) is 2.72. The summed E-state index contributed by atoms with van der Waals surface area (Å²) in [6.07, 6.45) is 1.07. The fourth-order valence-corrected chi connectivity index (χ4v) is 3.20. The van der Waals surface area contributed by atoms with Crippen LogP contribution in [-0.4, -0.2) is 55.5 Å². The Balaban J connectivity index is 1.77. The van der Waals surface area contributed by atoms with E-state index in [1.165, 1.54) is 11.1 Å². The number of rotatable bonds is 1. The van der Waals surface area contributed by atoms with E-state index in [2.05, 4.69) is 34.3 Å². The standard InChI is InChI=1S/C16H23N3O/c1-18-7-4-8-19(10-9-18)16(20)15-12-17-11-13-5-2-3-6-14(13)15/h2-3,5-6,15,17H,4,7-12H2,1H3. The summed E-state index contributed by atoms with van der Waals surface area (Å²) < 4.78 is 0. The van der Waals surface area contributed by atoms with Crippen molar-refractivity contribution in [3.05, 3.63) is 35.4 Å². The lowest BCUT2D eigenvalue weighted by atomic mass is 9.90. The summed E-state index contributed by atoms with van der Waals surface area (Å²) >= 11 is 0. The molecule has 0 aromatic heterocycles. The molecule has 2 aliphatic rings. The van der Waals surface area contributed by atoms with Crippen LogP contribution in [0.2, 0.25) is 0 Å². The monoisotopic (exact) mass is 273 g/mol. The van der Waals surface area contributed by atoms with Gasteiger partial charge >= 0.3 is 0 Å². The normalized spacial score (nSPS) is 24.1. The topological polar surface area (TPSA) is 35.6 Å². The third-order valence-electron chi connectivity index (χ3n) is 4.42. The van der Waals surface area contributed by atoms with E-state index >= 15 is 0 Å². The van der Waals surface area contributed by atoms with E-state index in [0.717, 1.165) is 45.7 Å². The lowest BCUT2D eigenvalue weighted by molar-refractivity contribution is -0.132. The van der Waals surface area contributed by atoms with Gasteiger partial charge in [-0.15, -0.1) is 0 Å². The zero-order valence-corrected chi connectivity index (χ0v) is 12.1. The molecule has 4 nitrogen and oxygen atoms in total. The molecule has 1 aromatic carbocycles. The Morgan fingerprint density at radius 2 is 2.05 bits per heavy atom. The molecule has 0 aliphatic carbocycles. The van der Waals surface area contributed by atoms with Crippen molar-refractivity contribution < 1.29 is 4.79 Å². The van der Waals surface area contributed by atoms with E-state index in [1.54, 1.807) is 0 Å². The van der Waals surface area contributed by atoms with Gasteiger partial charge in [-0.1, -0.05) is 24.3 Å². The molecule has 3 rings (SSSR count). The zero-order chi connectivity index (χ0) is 13.9. The number of nitrogens with zero attached hydrogens (tertiary/aromatic N) is 2. The minimum atomic E-state index is -0.0108. The Morgan fingerprint density at radius 1 is 1.20 bits per heavy atom. The van der Waals surface area contributed by atoms with Gasteiger partial charge in [0.15, 0.2) is 0 Å². The summed E-state index contributed by atoms with van der Waals surface area (Å²) in [4.78, 5) is 17.2. The number of carbonyl (C=O) groups excluding carboxylic acids is 1. The lowest BCUT2D eigenvalue weighted by Crippen LogP contribution is -2.43. The van der Waals surface area contributed by atoms with E-state index in [4.69, 9.17) is 0 Å². The van der Waals surface area contributed by atoms with Gasteiger partial charge in [0.05, 0.1) is 5.92 Å². The fraction of sp³-hybridized carbons (Fsp3) is 0.562. The SMILES string of the molecule is CN1CCCN(C(=O)C2CNCc3ccccc32)CC1. The van der Waals surface area contributed by atoms with Gasteiger partial charge in [0.1, 0.15) is 0 Å². The molecule has 0 bridgehead atoms. The van der Waals surface area contributed by atoms with Crippen molar-refractivity contribution in [3.8, 4) is 0 Å². The van der Waals surface area contributed by atoms with Crippen LogP contribution in [0.5, 0.6) is 0 Å². The van der Waals surface area contributed by atoms with Crippen LogP contribution >= 0.6 is 0 Å². The molecule has 108 valence electrons. The highest BCUT2D eigenvalue weighted by molar-refractivity contribution is 5.84. The van der Waals surface area contributed by atoms with E-state index in [0.29, 0.717) is 5.91 Å². The molecule has 0 radical (unpaired) electrons. The largest absolute Gasteiger partial charge is 0.341 e. The van der Waals surface area contributed by atoms with Crippen LogP contribution in [0.1, 0.15) is 23.5 Å². The molecule has 1 N–H and O–H groups in total. The lowest BCUT2D eigenvalue weighted by Gasteiger charge is -2.30. The van der Waals surface area contributed by atoms with Gasteiger partial charge < -0.3 is 15.1 Å². The second-order valence-corrected chi connectivity index (χ2v) is 5.86. The van der Waals surface area contributed by atoms with Crippen molar-refractivity contribution in [2.24, 2.45) is 0 Å². The molecular formula is C16H23N3O. The smallest absolute Gasteiger partial charge is 0.231 e. The molecule has 1 fully saturated rings. The van der Waals surface area contributed by atoms with E-state index in [1.807, 2.05) is 12.1 Å². The molecule has 1 amide bonds. The van der Waals surface area contributed by atoms with Crippen LogP contribution < -0.4 is 5.32 Å². The number of benzene rings is 1. The Labute approximate surface area is 120 Å². The maximum absolute atomic E-state index is 12.8. The molecule has 0 spiro atoms. The Morgan fingerprint density at radius 3 is 2.95 bits per heavy atom. The summed E-state index contributed by atoms with van der Waals surface area (Å²) in [6, 6.07) is 8.33. The average molecular weight is 273 g/mol. The van der Waals surface area contributed by atoms with Crippen LogP contribution in [-0.2, 0) is 11.3 Å². The van der Waals surface area contributed by atoms with Crippen LogP contribution in [0.15, 0.2) is 24.3 Å². The predicted octanol–water partition coefficient (Wildman–Crippen LogP) is 1.04. The van der Waals surface area contributed by atoms with Gasteiger partial charge in [0.25, 0.3) is 0 Å². The first kappa shape index (κ1) is 13.6. The summed E-state index contributed by atoms with van der Waals surface area (Å²) in [6.45, 7) is 5.46. The first-order valence-corrected chi connectivity index (χ1v) is 7.51. The summed E-state index contributed by atoms with van der Waals surface area (Å²) in [5.74, 6) is 0.281. The Hall–Kier alpha value is -1.39.